The number of pyridine rings is 1. The Morgan fingerprint density at radius 2 is 2.22 bits per heavy atom. The molecule has 23 heavy (non-hydrogen) atoms. The normalized spacial score (nSPS) is 14.6. The lowest BCUT2D eigenvalue weighted by Crippen LogP contribution is -2.11. The predicted molar refractivity (Wildman–Crippen MR) is 92.6 cm³/mol. The molecule has 1 heterocycles. The Bertz CT molecular complexity index is 746. The minimum atomic E-state index is -0.429. The number of hydrogen-bond acceptors (Lipinski definition) is 5. The molecule has 3 rings (SSSR count). The number of aromatic nitrogens is 1. The number of ether oxygens (including phenoxy) is 2. The van der Waals surface area contributed by atoms with Crippen LogP contribution in [0, 0.1) is 0 Å². The first-order valence-electron chi connectivity index (χ1n) is 7.67. The summed E-state index contributed by atoms with van der Waals surface area (Å²) in [6.45, 7) is 2.08. The fourth-order valence-electron chi connectivity index (χ4n) is 2.85. The van der Waals surface area contributed by atoms with Gasteiger partial charge in [-0.1, -0.05) is 18.6 Å². The fraction of sp³-hybridized carbons (Fsp3) is 0.412. The van der Waals surface area contributed by atoms with E-state index in [1.54, 1.807) is 13.0 Å². The number of halogens is 1. The van der Waals surface area contributed by atoms with Gasteiger partial charge in [0.1, 0.15) is 5.56 Å². The summed E-state index contributed by atoms with van der Waals surface area (Å²) in [6, 6.07) is 5.86. The van der Waals surface area contributed by atoms with Crippen molar-refractivity contribution in [2.75, 3.05) is 13.7 Å². The number of carbonyl (C=O) groups excluding carboxylic acids is 1. The molecule has 1 aliphatic carbocycles. The van der Waals surface area contributed by atoms with Crippen LogP contribution >= 0.6 is 21.7 Å². The molecule has 0 aliphatic heterocycles. The maximum atomic E-state index is 12.1. The highest BCUT2D eigenvalue weighted by Crippen LogP contribution is 2.44. The van der Waals surface area contributed by atoms with E-state index in [1.807, 2.05) is 6.07 Å². The molecule has 0 unspecified atom stereocenters. The molecule has 0 atom stereocenters. The molecule has 1 fully saturated rings. The van der Waals surface area contributed by atoms with Crippen molar-refractivity contribution in [2.24, 2.45) is 0 Å². The van der Waals surface area contributed by atoms with Crippen LogP contribution in [0.2, 0.25) is 0 Å². The molecule has 122 valence electrons. The van der Waals surface area contributed by atoms with E-state index >= 15 is 0 Å². The number of benzene rings is 1. The van der Waals surface area contributed by atoms with Gasteiger partial charge in [-0.05, 0) is 59.0 Å². The second-order valence-electron chi connectivity index (χ2n) is 5.53. The van der Waals surface area contributed by atoms with Crippen LogP contribution < -0.4 is 4.74 Å². The van der Waals surface area contributed by atoms with Crippen LogP contribution in [0.4, 0.5) is 0 Å². The third-order valence-electron chi connectivity index (χ3n) is 4.25. The Balaban J connectivity index is 2.16. The fourth-order valence-corrected chi connectivity index (χ4v) is 3.89. The van der Waals surface area contributed by atoms with Crippen molar-refractivity contribution >= 4 is 38.5 Å². The zero-order valence-electron chi connectivity index (χ0n) is 13.1. The SMILES string of the molecule is CCOC(=O)c1cc2ccc(C3CCC3)c(SCl)c2nc1OC. The number of carbonyl (C=O) groups is 1. The lowest BCUT2D eigenvalue weighted by atomic mass is 9.80. The third kappa shape index (κ3) is 3.00. The van der Waals surface area contributed by atoms with Gasteiger partial charge in [0.2, 0.25) is 5.88 Å². The van der Waals surface area contributed by atoms with Crippen molar-refractivity contribution in [3.8, 4) is 5.88 Å². The molecule has 2 aromatic rings. The maximum Gasteiger partial charge on any atom is 0.343 e. The van der Waals surface area contributed by atoms with Crippen molar-refractivity contribution in [3.63, 3.8) is 0 Å². The minimum absolute atomic E-state index is 0.272. The van der Waals surface area contributed by atoms with Gasteiger partial charge >= 0.3 is 5.97 Å². The van der Waals surface area contributed by atoms with E-state index in [-0.39, 0.29) is 5.88 Å². The van der Waals surface area contributed by atoms with Gasteiger partial charge in [0.05, 0.1) is 24.1 Å². The first-order chi connectivity index (χ1) is 11.2. The molecule has 1 aromatic heterocycles. The Hall–Kier alpha value is -1.46. The van der Waals surface area contributed by atoms with E-state index in [0.29, 0.717) is 18.1 Å². The molecule has 0 saturated heterocycles. The van der Waals surface area contributed by atoms with Gasteiger partial charge in [-0.15, -0.1) is 0 Å². The highest BCUT2D eigenvalue weighted by atomic mass is 35.7. The molecule has 0 spiro atoms. The van der Waals surface area contributed by atoms with Crippen LogP contribution in [0.15, 0.2) is 23.1 Å². The van der Waals surface area contributed by atoms with Gasteiger partial charge in [-0.25, -0.2) is 9.78 Å². The predicted octanol–water partition coefficient (Wildman–Crippen LogP) is 4.93. The van der Waals surface area contributed by atoms with Crippen molar-refractivity contribution in [2.45, 2.75) is 37.0 Å². The highest BCUT2D eigenvalue weighted by Gasteiger charge is 2.25. The summed E-state index contributed by atoms with van der Waals surface area (Å²) in [6.07, 6.45) is 3.63. The molecule has 0 N–H and O–H groups in total. The number of hydrogen-bond donors (Lipinski definition) is 0. The molecule has 1 aromatic carbocycles. The smallest absolute Gasteiger partial charge is 0.343 e. The van der Waals surface area contributed by atoms with Gasteiger partial charge in [-0.2, -0.15) is 0 Å². The van der Waals surface area contributed by atoms with Crippen molar-refractivity contribution in [1.29, 1.82) is 0 Å². The van der Waals surface area contributed by atoms with Crippen molar-refractivity contribution < 1.29 is 14.3 Å². The largest absolute Gasteiger partial charge is 0.480 e. The summed E-state index contributed by atoms with van der Waals surface area (Å²) in [5.41, 5.74) is 2.35. The van der Waals surface area contributed by atoms with Gasteiger partial charge in [-0.3, -0.25) is 0 Å². The van der Waals surface area contributed by atoms with Gasteiger partial charge in [0.15, 0.2) is 0 Å². The second-order valence-corrected chi connectivity index (χ2v) is 6.55. The molecular formula is C17H18ClNO3S. The number of nitrogens with zero attached hydrogens (tertiary/aromatic N) is 1. The number of fused-ring (bicyclic) bond motifs is 1. The number of esters is 1. The Morgan fingerprint density at radius 3 is 2.78 bits per heavy atom. The van der Waals surface area contributed by atoms with E-state index in [1.165, 1.54) is 42.9 Å². The first-order valence-corrected chi connectivity index (χ1v) is 9.31. The van der Waals surface area contributed by atoms with E-state index in [9.17, 15) is 4.79 Å². The van der Waals surface area contributed by atoms with Gasteiger partial charge in [0.25, 0.3) is 0 Å². The van der Waals surface area contributed by atoms with Gasteiger partial charge in [0, 0.05) is 5.39 Å². The van der Waals surface area contributed by atoms with E-state index < -0.39 is 5.97 Å². The Morgan fingerprint density at radius 1 is 1.43 bits per heavy atom. The molecule has 0 bridgehead atoms. The summed E-state index contributed by atoms with van der Waals surface area (Å²) in [7, 11) is 8.81. The van der Waals surface area contributed by atoms with Crippen LogP contribution in [0.25, 0.3) is 10.9 Å². The standard InChI is InChI=1S/C17H18ClNO3S/c1-3-22-17(20)13-9-11-7-8-12(10-5-4-6-10)15(23-18)14(11)19-16(13)21-2/h7-10H,3-6H2,1-2H3. The summed E-state index contributed by atoms with van der Waals surface area (Å²) >= 11 is 0. The molecular weight excluding hydrogens is 334 g/mol. The Kier molecular flexibility index (Phi) is 4.97. The molecule has 4 nitrogen and oxygen atoms in total. The summed E-state index contributed by atoms with van der Waals surface area (Å²) in [5.74, 6) is 0.397. The first kappa shape index (κ1) is 16.4. The molecule has 1 saturated carbocycles. The quantitative estimate of drug-likeness (QED) is 0.714. The second kappa shape index (κ2) is 6.97. The Labute approximate surface area is 144 Å². The molecule has 1 aliphatic rings. The number of methoxy groups -OCH3 is 1. The minimum Gasteiger partial charge on any atom is -0.480 e. The average Bonchev–Trinajstić information content (AvgIpc) is 2.52. The maximum absolute atomic E-state index is 12.1. The van der Waals surface area contributed by atoms with E-state index in [4.69, 9.17) is 20.2 Å². The lowest BCUT2D eigenvalue weighted by Gasteiger charge is -2.27. The number of rotatable bonds is 5. The molecule has 0 radical (unpaired) electrons. The van der Waals surface area contributed by atoms with Crippen molar-refractivity contribution in [3.05, 3.63) is 29.3 Å². The molecule has 6 heteroatoms. The molecule has 0 amide bonds. The third-order valence-corrected chi connectivity index (χ3v) is 5.29. The summed E-state index contributed by atoms with van der Waals surface area (Å²) < 4.78 is 10.4. The topological polar surface area (TPSA) is 48.4 Å². The highest BCUT2D eigenvalue weighted by molar-refractivity contribution is 8.21. The van der Waals surface area contributed by atoms with Crippen LogP contribution in [0.3, 0.4) is 0 Å². The van der Waals surface area contributed by atoms with E-state index in [2.05, 4.69) is 11.1 Å². The summed E-state index contributed by atoms with van der Waals surface area (Å²) in [5, 5.41) is 0.861. The van der Waals surface area contributed by atoms with Crippen LogP contribution in [0.5, 0.6) is 5.88 Å². The van der Waals surface area contributed by atoms with E-state index in [0.717, 1.165) is 15.8 Å². The zero-order chi connectivity index (χ0) is 16.4. The van der Waals surface area contributed by atoms with Crippen LogP contribution in [-0.2, 0) is 4.74 Å². The van der Waals surface area contributed by atoms with Crippen LogP contribution in [0.1, 0.15) is 48.0 Å². The zero-order valence-corrected chi connectivity index (χ0v) is 14.7. The van der Waals surface area contributed by atoms with Gasteiger partial charge < -0.3 is 9.47 Å². The lowest BCUT2D eigenvalue weighted by molar-refractivity contribution is 0.0522. The summed E-state index contributed by atoms with van der Waals surface area (Å²) in [4.78, 5) is 17.6. The average molecular weight is 352 g/mol. The monoisotopic (exact) mass is 351 g/mol. The van der Waals surface area contributed by atoms with Crippen LogP contribution in [-0.4, -0.2) is 24.7 Å². The van der Waals surface area contributed by atoms with Crippen molar-refractivity contribution in [1.82, 2.24) is 4.98 Å².